The van der Waals surface area contributed by atoms with Gasteiger partial charge >= 0.3 is 5.97 Å². The zero-order valence-corrected chi connectivity index (χ0v) is 10.3. The smallest absolute Gasteiger partial charge is 0.312 e. The first-order valence-corrected chi connectivity index (χ1v) is 5.46. The number of carboxylic acid groups (broad SMARTS) is 1. The second kappa shape index (κ2) is 4.77. The molecular weight excluding hydrogens is 258 g/mol. The molecule has 1 aromatic carbocycles. The molecule has 1 aromatic rings. The van der Waals surface area contributed by atoms with Gasteiger partial charge in [-0.1, -0.05) is 28.1 Å². The van der Waals surface area contributed by atoms with Crippen molar-refractivity contribution in [1.82, 2.24) is 0 Å². The Kier molecular flexibility index (Phi) is 3.88. The maximum absolute atomic E-state index is 11.0. The van der Waals surface area contributed by atoms with Crippen molar-refractivity contribution in [2.75, 3.05) is 6.54 Å². The minimum atomic E-state index is -0.883. The predicted octanol–water partition coefficient (Wildman–Crippen LogP) is 2.19. The predicted molar refractivity (Wildman–Crippen MR) is 63.0 cm³/mol. The van der Waals surface area contributed by atoms with E-state index >= 15 is 0 Å². The van der Waals surface area contributed by atoms with Gasteiger partial charge in [-0.15, -0.1) is 0 Å². The summed E-state index contributed by atoms with van der Waals surface area (Å²) in [4.78, 5) is 11.0. The molecule has 0 aliphatic heterocycles. The number of rotatable bonds is 3. The molecular formula is C11H14BrNO2. The maximum Gasteiger partial charge on any atom is 0.312 e. The van der Waals surface area contributed by atoms with Gasteiger partial charge in [-0.2, -0.15) is 0 Å². The van der Waals surface area contributed by atoms with Gasteiger partial charge in [0.25, 0.3) is 0 Å². The summed E-state index contributed by atoms with van der Waals surface area (Å²) in [6.07, 6.45) is 0. The minimum absolute atomic E-state index is 0.109. The van der Waals surface area contributed by atoms with Crippen LogP contribution in [0.2, 0.25) is 0 Å². The Labute approximate surface area is 97.4 Å². The van der Waals surface area contributed by atoms with E-state index in [1.54, 1.807) is 0 Å². The van der Waals surface area contributed by atoms with E-state index in [9.17, 15) is 4.79 Å². The lowest BCUT2D eigenvalue weighted by atomic mass is 9.93. The topological polar surface area (TPSA) is 63.3 Å². The maximum atomic E-state index is 11.0. The highest BCUT2D eigenvalue weighted by Crippen LogP contribution is 2.30. The molecule has 0 aliphatic rings. The first-order valence-electron chi connectivity index (χ1n) is 4.67. The molecule has 0 amide bonds. The zero-order chi connectivity index (χ0) is 11.6. The second-order valence-electron chi connectivity index (χ2n) is 3.55. The van der Waals surface area contributed by atoms with E-state index in [-0.39, 0.29) is 6.54 Å². The molecule has 0 fully saturated rings. The standard InChI is InChI=1S/C11H14BrNO2/c1-6-3-4-7(2)10(12)9(6)8(5-13)11(14)15/h3-4,8H,5,13H2,1-2H3,(H,14,15). The van der Waals surface area contributed by atoms with E-state index in [1.807, 2.05) is 26.0 Å². The van der Waals surface area contributed by atoms with E-state index in [2.05, 4.69) is 15.9 Å². The molecule has 1 unspecified atom stereocenters. The molecule has 3 nitrogen and oxygen atoms in total. The first-order chi connectivity index (χ1) is 6.99. The average Bonchev–Trinajstić information content (AvgIpc) is 2.18. The van der Waals surface area contributed by atoms with Crippen LogP contribution in [0.4, 0.5) is 0 Å². The van der Waals surface area contributed by atoms with Crippen molar-refractivity contribution >= 4 is 21.9 Å². The molecule has 15 heavy (non-hydrogen) atoms. The zero-order valence-electron chi connectivity index (χ0n) is 8.75. The van der Waals surface area contributed by atoms with Gasteiger partial charge < -0.3 is 10.8 Å². The van der Waals surface area contributed by atoms with E-state index in [1.165, 1.54) is 0 Å². The summed E-state index contributed by atoms with van der Waals surface area (Å²) in [6, 6.07) is 3.87. The number of hydrogen-bond donors (Lipinski definition) is 2. The van der Waals surface area contributed by atoms with Crippen molar-refractivity contribution in [2.24, 2.45) is 5.73 Å². The van der Waals surface area contributed by atoms with E-state index in [4.69, 9.17) is 10.8 Å². The van der Waals surface area contributed by atoms with Crippen LogP contribution >= 0.6 is 15.9 Å². The number of hydrogen-bond acceptors (Lipinski definition) is 2. The Morgan fingerprint density at radius 1 is 1.47 bits per heavy atom. The van der Waals surface area contributed by atoms with Gasteiger partial charge in [0, 0.05) is 11.0 Å². The molecule has 0 saturated heterocycles. The van der Waals surface area contributed by atoms with E-state index < -0.39 is 11.9 Å². The van der Waals surface area contributed by atoms with Crippen molar-refractivity contribution in [1.29, 1.82) is 0 Å². The Hall–Kier alpha value is -0.870. The summed E-state index contributed by atoms with van der Waals surface area (Å²) in [7, 11) is 0. The van der Waals surface area contributed by atoms with Gasteiger partial charge in [0.05, 0.1) is 5.92 Å². The summed E-state index contributed by atoms with van der Waals surface area (Å²) in [5, 5.41) is 9.07. The lowest BCUT2D eigenvalue weighted by molar-refractivity contribution is -0.138. The molecule has 0 aromatic heterocycles. The molecule has 82 valence electrons. The van der Waals surface area contributed by atoms with Crippen LogP contribution in [0.15, 0.2) is 16.6 Å². The number of aliphatic carboxylic acids is 1. The van der Waals surface area contributed by atoms with Crippen molar-refractivity contribution in [3.8, 4) is 0 Å². The second-order valence-corrected chi connectivity index (χ2v) is 4.35. The van der Waals surface area contributed by atoms with Crippen LogP contribution in [0.3, 0.4) is 0 Å². The van der Waals surface area contributed by atoms with E-state index in [0.717, 1.165) is 21.2 Å². The molecule has 1 rings (SSSR count). The molecule has 1 atom stereocenters. The quantitative estimate of drug-likeness (QED) is 0.886. The summed E-state index contributed by atoms with van der Waals surface area (Å²) in [5.74, 6) is -1.52. The number of aryl methyl sites for hydroxylation is 2. The Balaban J connectivity index is 3.34. The van der Waals surface area contributed by atoms with Gasteiger partial charge in [0.15, 0.2) is 0 Å². The molecule has 0 radical (unpaired) electrons. The lowest BCUT2D eigenvalue weighted by Crippen LogP contribution is -2.22. The molecule has 3 N–H and O–H groups in total. The third-order valence-electron chi connectivity index (χ3n) is 2.47. The summed E-state index contributed by atoms with van der Waals surface area (Å²) in [6.45, 7) is 3.94. The lowest BCUT2D eigenvalue weighted by Gasteiger charge is -2.16. The van der Waals surface area contributed by atoms with Crippen LogP contribution in [0.25, 0.3) is 0 Å². The number of carbonyl (C=O) groups is 1. The third kappa shape index (κ3) is 2.38. The molecule has 0 saturated carbocycles. The van der Waals surface area contributed by atoms with Crippen molar-refractivity contribution in [3.05, 3.63) is 33.3 Å². The van der Waals surface area contributed by atoms with Crippen molar-refractivity contribution in [3.63, 3.8) is 0 Å². The fourth-order valence-electron chi connectivity index (χ4n) is 1.57. The third-order valence-corrected chi connectivity index (χ3v) is 3.53. The minimum Gasteiger partial charge on any atom is -0.481 e. The average molecular weight is 272 g/mol. The number of benzene rings is 1. The molecule has 0 aliphatic carbocycles. The highest BCUT2D eigenvalue weighted by Gasteiger charge is 2.23. The highest BCUT2D eigenvalue weighted by atomic mass is 79.9. The Morgan fingerprint density at radius 3 is 2.47 bits per heavy atom. The van der Waals surface area contributed by atoms with Crippen LogP contribution in [-0.4, -0.2) is 17.6 Å². The van der Waals surface area contributed by atoms with Crippen LogP contribution < -0.4 is 5.73 Å². The van der Waals surface area contributed by atoms with Crippen molar-refractivity contribution < 1.29 is 9.90 Å². The van der Waals surface area contributed by atoms with Gasteiger partial charge in [-0.3, -0.25) is 4.79 Å². The van der Waals surface area contributed by atoms with Crippen LogP contribution in [-0.2, 0) is 4.79 Å². The van der Waals surface area contributed by atoms with Crippen LogP contribution in [0.5, 0.6) is 0 Å². The number of halogens is 1. The monoisotopic (exact) mass is 271 g/mol. The van der Waals surface area contributed by atoms with Crippen LogP contribution in [0.1, 0.15) is 22.6 Å². The normalized spacial score (nSPS) is 12.5. The fourth-order valence-corrected chi connectivity index (χ4v) is 2.29. The number of carboxylic acids is 1. The SMILES string of the molecule is Cc1ccc(C)c(C(CN)C(=O)O)c1Br. The molecule has 0 heterocycles. The van der Waals surface area contributed by atoms with Crippen molar-refractivity contribution in [2.45, 2.75) is 19.8 Å². The summed E-state index contributed by atoms with van der Waals surface area (Å²) < 4.78 is 0.848. The number of nitrogens with two attached hydrogens (primary N) is 1. The molecule has 4 heteroatoms. The van der Waals surface area contributed by atoms with Gasteiger partial charge in [-0.25, -0.2) is 0 Å². The summed E-state index contributed by atoms with van der Waals surface area (Å²) in [5.41, 5.74) is 8.25. The Morgan fingerprint density at radius 2 is 2.00 bits per heavy atom. The fraction of sp³-hybridized carbons (Fsp3) is 0.364. The largest absolute Gasteiger partial charge is 0.481 e. The van der Waals surface area contributed by atoms with Gasteiger partial charge in [0.1, 0.15) is 0 Å². The Bertz CT molecular complexity index is 390. The molecule has 0 bridgehead atoms. The van der Waals surface area contributed by atoms with Crippen LogP contribution in [0, 0.1) is 13.8 Å². The van der Waals surface area contributed by atoms with E-state index in [0.29, 0.717) is 0 Å². The highest BCUT2D eigenvalue weighted by molar-refractivity contribution is 9.10. The summed E-state index contributed by atoms with van der Waals surface area (Å²) >= 11 is 3.42. The van der Waals surface area contributed by atoms with Gasteiger partial charge in [-0.05, 0) is 30.5 Å². The first kappa shape index (κ1) is 12.2. The molecule has 0 spiro atoms. The van der Waals surface area contributed by atoms with Gasteiger partial charge in [0.2, 0.25) is 0 Å².